The van der Waals surface area contributed by atoms with E-state index < -0.39 is 24.5 Å². The second kappa shape index (κ2) is 6.81. The summed E-state index contributed by atoms with van der Waals surface area (Å²) in [5.41, 5.74) is -0.160. The molecule has 1 atom stereocenters. The van der Waals surface area contributed by atoms with Crippen molar-refractivity contribution in [3.63, 3.8) is 0 Å². The first-order valence-corrected chi connectivity index (χ1v) is 5.80. The number of rotatable bonds is 7. The number of carboxylic acid groups (broad SMARTS) is 1. The molecule has 1 rings (SSSR count). The molecule has 0 fully saturated rings. The summed E-state index contributed by atoms with van der Waals surface area (Å²) in [7, 11) is 0. The molecule has 0 saturated carbocycles. The molecule has 8 heteroatoms. The van der Waals surface area contributed by atoms with Crippen LogP contribution in [0.2, 0.25) is 0 Å². The number of alkyl halides is 2. The fourth-order valence-corrected chi connectivity index (χ4v) is 1.61. The largest absolute Gasteiger partial charge is 0.481 e. The van der Waals surface area contributed by atoms with Gasteiger partial charge < -0.3 is 10.4 Å². The van der Waals surface area contributed by atoms with Gasteiger partial charge in [0.15, 0.2) is 0 Å². The number of carboxylic acids is 1. The van der Waals surface area contributed by atoms with Crippen molar-refractivity contribution < 1.29 is 23.5 Å². The molecule has 1 aromatic heterocycles. The molecule has 0 unspecified atom stereocenters. The van der Waals surface area contributed by atoms with Crippen LogP contribution in [0.15, 0.2) is 12.3 Å². The van der Waals surface area contributed by atoms with Crippen LogP contribution in [-0.2, 0) is 4.79 Å². The van der Waals surface area contributed by atoms with Crippen LogP contribution in [0.3, 0.4) is 0 Å². The Kier molecular flexibility index (Phi) is 5.40. The highest BCUT2D eigenvalue weighted by Gasteiger charge is 2.18. The van der Waals surface area contributed by atoms with E-state index in [0.717, 1.165) is 12.3 Å². The second-order valence-corrected chi connectivity index (χ2v) is 4.02. The summed E-state index contributed by atoms with van der Waals surface area (Å²) in [6, 6.07) is 0.623. The van der Waals surface area contributed by atoms with Gasteiger partial charge in [-0.1, -0.05) is 13.3 Å². The zero-order valence-electron chi connectivity index (χ0n) is 10.3. The SMILES string of the molecule is CCC[C@H](CC(=O)O)NC(=O)c1ccn(C(F)F)n1. The fraction of sp³-hybridized carbons (Fsp3) is 0.545. The topological polar surface area (TPSA) is 84.2 Å². The van der Waals surface area contributed by atoms with E-state index in [1.165, 1.54) is 0 Å². The Morgan fingerprint density at radius 3 is 2.68 bits per heavy atom. The maximum Gasteiger partial charge on any atom is 0.333 e. The van der Waals surface area contributed by atoms with Crippen molar-refractivity contribution in [3.05, 3.63) is 18.0 Å². The van der Waals surface area contributed by atoms with E-state index in [1.54, 1.807) is 0 Å². The van der Waals surface area contributed by atoms with Crippen LogP contribution >= 0.6 is 0 Å². The number of hydrogen-bond acceptors (Lipinski definition) is 3. The van der Waals surface area contributed by atoms with Gasteiger partial charge in [-0.25, -0.2) is 4.68 Å². The average molecular weight is 275 g/mol. The van der Waals surface area contributed by atoms with Crippen LogP contribution in [-0.4, -0.2) is 32.8 Å². The number of nitrogens with zero attached hydrogens (tertiary/aromatic N) is 2. The van der Waals surface area contributed by atoms with Gasteiger partial charge in [-0.2, -0.15) is 13.9 Å². The number of halogens is 2. The number of aliphatic carboxylic acids is 1. The first-order valence-electron chi connectivity index (χ1n) is 5.80. The number of carbonyl (C=O) groups is 2. The smallest absolute Gasteiger partial charge is 0.333 e. The summed E-state index contributed by atoms with van der Waals surface area (Å²) in [6.07, 6.45) is 1.97. The molecule has 2 N–H and O–H groups in total. The van der Waals surface area contributed by atoms with Crippen LogP contribution in [0.1, 0.15) is 43.2 Å². The molecule has 0 aliphatic rings. The number of hydrogen-bond donors (Lipinski definition) is 2. The molecule has 0 saturated heterocycles. The molecule has 0 radical (unpaired) electrons. The van der Waals surface area contributed by atoms with E-state index >= 15 is 0 Å². The maximum absolute atomic E-state index is 12.3. The Morgan fingerprint density at radius 1 is 1.53 bits per heavy atom. The molecule has 0 aliphatic heterocycles. The van der Waals surface area contributed by atoms with Crippen molar-refractivity contribution in [3.8, 4) is 0 Å². The minimum atomic E-state index is -2.81. The summed E-state index contributed by atoms with van der Waals surface area (Å²) in [6.45, 7) is -0.959. The Hall–Kier alpha value is -1.99. The van der Waals surface area contributed by atoms with Crippen molar-refractivity contribution in [2.24, 2.45) is 0 Å². The van der Waals surface area contributed by atoms with E-state index in [9.17, 15) is 18.4 Å². The van der Waals surface area contributed by atoms with E-state index in [1.807, 2.05) is 6.92 Å². The average Bonchev–Trinajstić information content (AvgIpc) is 2.77. The Morgan fingerprint density at radius 2 is 2.21 bits per heavy atom. The number of amides is 1. The third-order valence-electron chi connectivity index (χ3n) is 2.43. The normalized spacial score (nSPS) is 12.4. The summed E-state index contributed by atoms with van der Waals surface area (Å²) in [5, 5.41) is 14.6. The third-order valence-corrected chi connectivity index (χ3v) is 2.43. The van der Waals surface area contributed by atoms with Crippen molar-refractivity contribution in [2.45, 2.75) is 38.8 Å². The van der Waals surface area contributed by atoms with Crippen LogP contribution in [0.25, 0.3) is 0 Å². The highest BCUT2D eigenvalue weighted by atomic mass is 19.3. The predicted octanol–water partition coefficient (Wildman–Crippen LogP) is 1.65. The van der Waals surface area contributed by atoms with Crippen LogP contribution in [0.4, 0.5) is 8.78 Å². The van der Waals surface area contributed by atoms with Crippen LogP contribution < -0.4 is 5.32 Å². The summed E-state index contributed by atoms with van der Waals surface area (Å²) in [4.78, 5) is 22.3. The minimum Gasteiger partial charge on any atom is -0.481 e. The Balaban J connectivity index is 2.67. The summed E-state index contributed by atoms with van der Waals surface area (Å²) >= 11 is 0. The molecule has 0 aliphatic carbocycles. The minimum absolute atomic E-state index is 0.160. The van der Waals surface area contributed by atoms with Gasteiger partial charge in [-0.15, -0.1) is 0 Å². The van der Waals surface area contributed by atoms with Crippen molar-refractivity contribution in [1.29, 1.82) is 0 Å². The second-order valence-electron chi connectivity index (χ2n) is 4.02. The van der Waals surface area contributed by atoms with E-state index in [4.69, 9.17) is 5.11 Å². The molecule has 1 aromatic rings. The summed E-state index contributed by atoms with van der Waals surface area (Å²) in [5.74, 6) is -1.68. The molecule has 0 aromatic carbocycles. The monoisotopic (exact) mass is 275 g/mol. The fourth-order valence-electron chi connectivity index (χ4n) is 1.61. The Bertz CT molecular complexity index is 448. The van der Waals surface area contributed by atoms with E-state index in [2.05, 4.69) is 10.4 Å². The van der Waals surface area contributed by atoms with Gasteiger partial charge in [-0.05, 0) is 12.5 Å². The lowest BCUT2D eigenvalue weighted by molar-refractivity contribution is -0.137. The molecule has 1 heterocycles. The van der Waals surface area contributed by atoms with Gasteiger partial charge >= 0.3 is 12.5 Å². The molecular weight excluding hydrogens is 260 g/mol. The predicted molar refractivity (Wildman–Crippen MR) is 61.9 cm³/mol. The van der Waals surface area contributed by atoms with Crippen molar-refractivity contribution in [2.75, 3.05) is 0 Å². The van der Waals surface area contributed by atoms with Gasteiger partial charge in [0.1, 0.15) is 5.69 Å². The lowest BCUT2D eigenvalue weighted by Crippen LogP contribution is -2.36. The zero-order valence-corrected chi connectivity index (χ0v) is 10.3. The van der Waals surface area contributed by atoms with Gasteiger partial charge in [0.2, 0.25) is 0 Å². The number of aromatic nitrogens is 2. The standard InChI is InChI=1S/C11H15F2N3O3/c1-2-3-7(6-9(17)18)14-10(19)8-4-5-16(15-8)11(12)13/h4-5,7,11H,2-3,6H2,1H3,(H,14,19)(H,17,18)/t7-/m1/s1. The van der Waals surface area contributed by atoms with Gasteiger partial charge in [0, 0.05) is 12.2 Å². The maximum atomic E-state index is 12.3. The first kappa shape index (κ1) is 15.1. The molecule has 0 spiro atoms. The number of nitrogens with one attached hydrogen (secondary N) is 1. The zero-order chi connectivity index (χ0) is 14.4. The molecule has 106 valence electrons. The molecule has 6 nitrogen and oxygen atoms in total. The van der Waals surface area contributed by atoms with Crippen LogP contribution in [0, 0.1) is 0 Å². The first-order chi connectivity index (χ1) is 8.93. The molecule has 0 bridgehead atoms. The van der Waals surface area contributed by atoms with Crippen molar-refractivity contribution in [1.82, 2.24) is 15.1 Å². The highest BCUT2D eigenvalue weighted by molar-refractivity contribution is 5.92. The third kappa shape index (κ3) is 4.65. The molecular formula is C11H15F2N3O3. The number of carbonyl (C=O) groups excluding carboxylic acids is 1. The molecule has 1 amide bonds. The quantitative estimate of drug-likeness (QED) is 0.792. The van der Waals surface area contributed by atoms with E-state index in [0.29, 0.717) is 17.5 Å². The van der Waals surface area contributed by atoms with E-state index in [-0.39, 0.29) is 12.1 Å². The Labute approximate surface area is 108 Å². The van der Waals surface area contributed by atoms with Gasteiger partial charge in [0.25, 0.3) is 5.91 Å². The molecule has 19 heavy (non-hydrogen) atoms. The van der Waals surface area contributed by atoms with Gasteiger partial charge in [0.05, 0.1) is 6.42 Å². The summed E-state index contributed by atoms with van der Waals surface area (Å²) < 4.78 is 24.9. The lowest BCUT2D eigenvalue weighted by Gasteiger charge is -2.15. The van der Waals surface area contributed by atoms with Crippen LogP contribution in [0.5, 0.6) is 0 Å². The van der Waals surface area contributed by atoms with Crippen molar-refractivity contribution >= 4 is 11.9 Å². The highest BCUT2D eigenvalue weighted by Crippen LogP contribution is 2.09. The lowest BCUT2D eigenvalue weighted by atomic mass is 10.1. The van der Waals surface area contributed by atoms with Gasteiger partial charge in [-0.3, -0.25) is 9.59 Å².